The number of para-hydroxylation sites is 1. The molecule has 0 saturated heterocycles. The first kappa shape index (κ1) is 32.9. The van der Waals surface area contributed by atoms with E-state index in [-0.39, 0.29) is 20.1 Å². The zero-order valence-corrected chi connectivity index (χ0v) is 29.5. The molecule has 7 aromatic rings. The van der Waals surface area contributed by atoms with E-state index >= 15 is 0 Å². The molecule has 0 N–H and O–H groups in total. The van der Waals surface area contributed by atoms with E-state index in [1.165, 1.54) is 33.4 Å². The molecule has 1 radical (unpaired) electrons. The minimum atomic E-state index is 0. The number of hydrogen-bond acceptors (Lipinski definition) is 4. The number of hydrogen-bond donors (Lipinski definition) is 0. The minimum absolute atomic E-state index is 0. The van der Waals surface area contributed by atoms with Gasteiger partial charge in [-0.25, -0.2) is 0 Å². The van der Waals surface area contributed by atoms with Crippen LogP contribution in [-0.2, 0) is 26.5 Å². The average Bonchev–Trinajstić information content (AvgIpc) is 3.41. The van der Waals surface area contributed by atoms with Crippen LogP contribution in [0.3, 0.4) is 0 Å². The van der Waals surface area contributed by atoms with Crippen LogP contribution in [0.2, 0.25) is 0 Å². The molecule has 233 valence electrons. The number of nitrogens with zero attached hydrogens (tertiary/aromatic N) is 3. The first-order valence-corrected chi connectivity index (χ1v) is 15.3. The Bertz CT molecular complexity index is 2090. The van der Waals surface area contributed by atoms with Gasteiger partial charge in [-0.3, -0.25) is 0 Å². The monoisotopic (exact) mass is 780 g/mol. The molecule has 0 aliphatic carbocycles. The number of aromatic nitrogens is 3. The van der Waals surface area contributed by atoms with Gasteiger partial charge in [0.05, 0.1) is 6.20 Å². The fourth-order valence-electron chi connectivity index (χ4n) is 5.46. The Morgan fingerprint density at radius 1 is 0.696 bits per heavy atom. The molecule has 0 saturated carbocycles. The summed E-state index contributed by atoms with van der Waals surface area (Å²) in [6.07, 6.45) is 9.44. The first-order valence-electron chi connectivity index (χ1n) is 15.3. The molecule has 0 fully saturated rings. The third kappa shape index (κ3) is 7.50. The molecule has 3 aromatic carbocycles. The van der Waals surface area contributed by atoms with Crippen molar-refractivity contribution in [2.45, 2.75) is 48.0 Å². The topological polar surface area (TPSA) is 51.8 Å². The number of benzene rings is 3. The van der Waals surface area contributed by atoms with Gasteiger partial charge >= 0.3 is 0 Å². The SMILES string of the molecule is Cc1cnc(-c2[c-]cc(C)c(-c3ccc(CC(C)(C)C)cc3)c2)cc1C.[Ir].[c-]1ncccc1-c1cc2c(cn1)oc1ccccc12. The maximum Gasteiger partial charge on any atom is 0.151 e. The summed E-state index contributed by atoms with van der Waals surface area (Å²) in [5.74, 6) is 0. The van der Waals surface area contributed by atoms with Gasteiger partial charge in [0.1, 0.15) is 5.58 Å². The molecule has 0 aliphatic rings. The molecule has 0 aliphatic heterocycles. The smallest absolute Gasteiger partial charge is 0.151 e. The Morgan fingerprint density at radius 2 is 1.43 bits per heavy atom. The Morgan fingerprint density at radius 3 is 2.15 bits per heavy atom. The van der Waals surface area contributed by atoms with Gasteiger partial charge in [0, 0.05) is 37.1 Å². The molecule has 4 heterocycles. The summed E-state index contributed by atoms with van der Waals surface area (Å²) >= 11 is 0. The van der Waals surface area contributed by atoms with E-state index in [9.17, 15) is 0 Å². The average molecular weight is 780 g/mol. The minimum Gasteiger partial charge on any atom is -0.455 e. The predicted molar refractivity (Wildman–Crippen MR) is 185 cm³/mol. The fourth-order valence-corrected chi connectivity index (χ4v) is 5.46. The molecule has 0 amide bonds. The van der Waals surface area contributed by atoms with Crippen molar-refractivity contribution in [3.8, 4) is 33.6 Å². The van der Waals surface area contributed by atoms with Crippen LogP contribution in [0, 0.1) is 38.4 Å². The molecule has 0 bridgehead atoms. The van der Waals surface area contributed by atoms with Crippen LogP contribution >= 0.6 is 0 Å². The van der Waals surface area contributed by atoms with E-state index in [1.807, 2.05) is 42.6 Å². The number of fused-ring (bicyclic) bond motifs is 3. The molecule has 5 heteroatoms. The Kier molecular flexibility index (Phi) is 9.96. The largest absolute Gasteiger partial charge is 0.455 e. The van der Waals surface area contributed by atoms with Crippen LogP contribution in [0.15, 0.2) is 108 Å². The molecular weight excluding hydrogens is 743 g/mol. The zero-order valence-electron chi connectivity index (χ0n) is 27.1. The number of rotatable bonds is 4. The molecule has 4 nitrogen and oxygen atoms in total. The van der Waals surface area contributed by atoms with Crippen molar-refractivity contribution in [1.29, 1.82) is 0 Å². The molecular formula is C41H37IrN3O-2. The summed E-state index contributed by atoms with van der Waals surface area (Å²) in [7, 11) is 0. The van der Waals surface area contributed by atoms with Crippen molar-refractivity contribution in [3.63, 3.8) is 0 Å². The van der Waals surface area contributed by atoms with Crippen LogP contribution < -0.4 is 0 Å². The maximum absolute atomic E-state index is 5.75. The van der Waals surface area contributed by atoms with Crippen LogP contribution in [0.4, 0.5) is 0 Å². The van der Waals surface area contributed by atoms with Gasteiger partial charge in [-0.2, -0.15) is 0 Å². The normalized spacial score (nSPS) is 11.2. The van der Waals surface area contributed by atoms with Gasteiger partial charge in [-0.15, -0.1) is 47.0 Å². The molecule has 0 unspecified atom stereocenters. The van der Waals surface area contributed by atoms with Crippen LogP contribution in [0.1, 0.15) is 43.0 Å². The Labute approximate surface area is 285 Å². The third-order valence-corrected chi connectivity index (χ3v) is 7.95. The van der Waals surface area contributed by atoms with Gasteiger partial charge in [-0.1, -0.05) is 99.6 Å². The Balaban J connectivity index is 0.000000185. The van der Waals surface area contributed by atoms with Gasteiger partial charge in [-0.05, 0) is 66.0 Å². The number of furan rings is 1. The Hall–Kier alpha value is -4.44. The van der Waals surface area contributed by atoms with E-state index < -0.39 is 0 Å². The second-order valence-corrected chi connectivity index (χ2v) is 12.9. The van der Waals surface area contributed by atoms with E-state index in [2.05, 4.69) is 117 Å². The molecule has 0 spiro atoms. The second kappa shape index (κ2) is 13.9. The quantitative estimate of drug-likeness (QED) is 0.167. The van der Waals surface area contributed by atoms with Crippen molar-refractivity contribution in [3.05, 3.63) is 138 Å². The fraction of sp³-hybridized carbons (Fsp3) is 0.195. The summed E-state index contributed by atoms with van der Waals surface area (Å²) in [5.41, 5.74) is 13.4. The second-order valence-electron chi connectivity index (χ2n) is 12.9. The van der Waals surface area contributed by atoms with Crippen molar-refractivity contribution in [2.75, 3.05) is 0 Å². The van der Waals surface area contributed by atoms with Crippen molar-refractivity contribution in [1.82, 2.24) is 15.0 Å². The van der Waals surface area contributed by atoms with Crippen LogP contribution in [0.5, 0.6) is 0 Å². The van der Waals surface area contributed by atoms with E-state index in [4.69, 9.17) is 4.42 Å². The molecule has 46 heavy (non-hydrogen) atoms. The van der Waals surface area contributed by atoms with Crippen LogP contribution in [0.25, 0.3) is 55.6 Å². The van der Waals surface area contributed by atoms with Gasteiger partial charge in [0.2, 0.25) is 0 Å². The maximum atomic E-state index is 5.75. The number of aryl methyl sites for hydroxylation is 3. The van der Waals surface area contributed by atoms with Crippen molar-refractivity contribution >= 4 is 21.9 Å². The summed E-state index contributed by atoms with van der Waals surface area (Å²) in [6, 6.07) is 32.6. The van der Waals surface area contributed by atoms with Crippen molar-refractivity contribution in [2.24, 2.45) is 5.41 Å². The molecule has 7 rings (SSSR count). The van der Waals surface area contributed by atoms with E-state index in [0.717, 1.165) is 50.9 Å². The third-order valence-electron chi connectivity index (χ3n) is 7.95. The predicted octanol–water partition coefficient (Wildman–Crippen LogP) is 10.6. The van der Waals surface area contributed by atoms with Crippen LogP contribution in [-0.4, -0.2) is 15.0 Å². The van der Waals surface area contributed by atoms with E-state index in [1.54, 1.807) is 12.4 Å². The van der Waals surface area contributed by atoms with Crippen molar-refractivity contribution < 1.29 is 24.5 Å². The first-order chi connectivity index (χ1) is 21.6. The molecule has 4 aromatic heterocycles. The van der Waals surface area contributed by atoms with Gasteiger partial charge in [0.25, 0.3) is 0 Å². The van der Waals surface area contributed by atoms with Gasteiger partial charge < -0.3 is 19.4 Å². The number of pyridine rings is 3. The summed E-state index contributed by atoms with van der Waals surface area (Å²) in [6.45, 7) is 13.2. The zero-order chi connectivity index (χ0) is 31.6. The van der Waals surface area contributed by atoms with Gasteiger partial charge in [0.15, 0.2) is 5.58 Å². The summed E-state index contributed by atoms with van der Waals surface area (Å²) in [5, 5.41) is 2.17. The summed E-state index contributed by atoms with van der Waals surface area (Å²) < 4.78 is 5.75. The van der Waals surface area contributed by atoms with E-state index in [0.29, 0.717) is 5.41 Å². The molecule has 0 atom stereocenters. The summed E-state index contributed by atoms with van der Waals surface area (Å²) in [4.78, 5) is 13.0. The standard InChI is InChI=1S/C25H28N.C16H9N2O.Ir/c1-17-7-10-22(24-13-18(2)19(3)16-26-24)14-23(17)21-11-8-20(9-12-21)15-25(4,5)6;1-2-6-15-12(5-1)13-8-14(18-10-16(13)19-15)11-4-3-7-17-9-11;/h7-9,11-14,16H,15H2,1-6H3;1-8,10H;/q2*-1;.